The van der Waals surface area contributed by atoms with Gasteiger partial charge >= 0.3 is 5.97 Å². The lowest BCUT2D eigenvalue weighted by molar-refractivity contribution is 0.0600. The summed E-state index contributed by atoms with van der Waals surface area (Å²) in [6, 6.07) is 7.12. The highest BCUT2D eigenvalue weighted by molar-refractivity contribution is 7.17. The molecule has 1 aromatic heterocycles. The van der Waals surface area contributed by atoms with Gasteiger partial charge in [0.1, 0.15) is 10.8 Å². The van der Waals surface area contributed by atoms with Crippen molar-refractivity contribution in [2.45, 2.75) is 47.0 Å². The van der Waals surface area contributed by atoms with E-state index in [1.807, 2.05) is 13.0 Å². The summed E-state index contributed by atoms with van der Waals surface area (Å²) in [4.78, 5) is 26.7. The smallest absolute Gasteiger partial charge is 0.341 e. The average molecular weight is 416 g/mol. The second kappa shape index (κ2) is 8.57. The molecule has 1 aliphatic rings. The van der Waals surface area contributed by atoms with Crippen LogP contribution in [0.2, 0.25) is 0 Å². The Morgan fingerprint density at radius 2 is 1.97 bits per heavy atom. The number of rotatable bonds is 5. The number of thiophene rings is 1. The molecule has 1 amide bonds. The molecule has 0 aliphatic heterocycles. The molecule has 0 bridgehead atoms. The molecule has 0 spiro atoms. The second-order valence-electron chi connectivity index (χ2n) is 8.39. The minimum absolute atomic E-state index is 0.201. The van der Waals surface area contributed by atoms with Crippen LogP contribution in [0.25, 0.3) is 0 Å². The summed E-state index contributed by atoms with van der Waals surface area (Å²) in [5.41, 5.74) is 2.18. The number of hydrogen-bond acceptors (Lipinski definition) is 5. The minimum atomic E-state index is -0.398. The number of carbonyl (C=O) groups excluding carboxylic acids is 2. The van der Waals surface area contributed by atoms with Gasteiger partial charge in [0, 0.05) is 4.88 Å². The quantitative estimate of drug-likeness (QED) is 0.670. The summed E-state index contributed by atoms with van der Waals surface area (Å²) in [6.45, 7) is 9.11. The molecule has 1 heterocycles. The Balaban J connectivity index is 1.95. The maximum atomic E-state index is 13.0. The zero-order valence-corrected chi connectivity index (χ0v) is 18.6. The molecule has 156 valence electrons. The lowest BCUT2D eigenvalue weighted by atomic mass is 9.72. The molecule has 2 aromatic rings. The number of carbonyl (C=O) groups is 2. The average Bonchev–Trinajstić information content (AvgIpc) is 3.04. The zero-order valence-electron chi connectivity index (χ0n) is 17.8. The third-order valence-corrected chi connectivity index (χ3v) is 6.71. The molecule has 0 unspecified atom stereocenters. The lowest BCUT2D eigenvalue weighted by Gasteiger charge is -2.33. The van der Waals surface area contributed by atoms with Crippen LogP contribution in [0.15, 0.2) is 24.3 Å². The van der Waals surface area contributed by atoms with Crippen molar-refractivity contribution in [2.75, 3.05) is 19.0 Å². The number of esters is 1. The third kappa shape index (κ3) is 4.47. The topological polar surface area (TPSA) is 64.6 Å². The Kier molecular flexibility index (Phi) is 6.32. The van der Waals surface area contributed by atoms with Crippen LogP contribution >= 0.6 is 11.3 Å². The van der Waals surface area contributed by atoms with Crippen LogP contribution in [0, 0.1) is 11.3 Å². The minimum Gasteiger partial charge on any atom is -0.493 e. The van der Waals surface area contributed by atoms with Crippen LogP contribution in [0.3, 0.4) is 0 Å². The maximum absolute atomic E-state index is 13.0. The van der Waals surface area contributed by atoms with Gasteiger partial charge in [-0.1, -0.05) is 32.9 Å². The first-order valence-electron chi connectivity index (χ1n) is 10.0. The van der Waals surface area contributed by atoms with Crippen molar-refractivity contribution in [1.82, 2.24) is 0 Å². The molecular formula is C23H29NO4S. The molecule has 0 saturated heterocycles. The van der Waals surface area contributed by atoms with E-state index >= 15 is 0 Å². The molecule has 1 atom stereocenters. The van der Waals surface area contributed by atoms with Gasteiger partial charge in [-0.05, 0) is 55.2 Å². The van der Waals surface area contributed by atoms with E-state index in [1.165, 1.54) is 23.3 Å². The Morgan fingerprint density at radius 3 is 2.62 bits per heavy atom. The molecule has 1 aromatic carbocycles. The van der Waals surface area contributed by atoms with Gasteiger partial charge in [0.25, 0.3) is 5.91 Å². The number of para-hydroxylation sites is 1. The van der Waals surface area contributed by atoms with Gasteiger partial charge in [-0.2, -0.15) is 0 Å². The van der Waals surface area contributed by atoms with E-state index in [0.29, 0.717) is 34.4 Å². The van der Waals surface area contributed by atoms with Crippen molar-refractivity contribution >= 4 is 28.2 Å². The van der Waals surface area contributed by atoms with Gasteiger partial charge in [-0.3, -0.25) is 4.79 Å². The van der Waals surface area contributed by atoms with Crippen LogP contribution < -0.4 is 10.1 Å². The third-order valence-electron chi connectivity index (χ3n) is 5.54. The van der Waals surface area contributed by atoms with Gasteiger partial charge in [0.2, 0.25) is 0 Å². The summed E-state index contributed by atoms with van der Waals surface area (Å²) in [7, 11) is 1.38. The molecule has 0 saturated carbocycles. The molecule has 3 rings (SSSR count). The van der Waals surface area contributed by atoms with Crippen molar-refractivity contribution in [2.24, 2.45) is 11.3 Å². The Bertz CT molecular complexity index is 910. The van der Waals surface area contributed by atoms with E-state index in [2.05, 4.69) is 26.1 Å². The van der Waals surface area contributed by atoms with Gasteiger partial charge in [0.15, 0.2) is 0 Å². The molecule has 0 radical (unpaired) electrons. The van der Waals surface area contributed by atoms with Crippen molar-refractivity contribution in [3.63, 3.8) is 0 Å². The van der Waals surface area contributed by atoms with Gasteiger partial charge in [0.05, 0.1) is 24.8 Å². The highest BCUT2D eigenvalue weighted by Crippen LogP contribution is 2.44. The van der Waals surface area contributed by atoms with Crippen LogP contribution in [-0.2, 0) is 17.6 Å². The number of hydrogen-bond donors (Lipinski definition) is 1. The normalized spacial score (nSPS) is 16.1. The highest BCUT2D eigenvalue weighted by atomic mass is 32.1. The first kappa shape index (κ1) is 21.4. The summed E-state index contributed by atoms with van der Waals surface area (Å²) >= 11 is 1.49. The number of nitrogens with one attached hydrogen (secondary N) is 1. The second-order valence-corrected chi connectivity index (χ2v) is 9.49. The van der Waals surface area contributed by atoms with Gasteiger partial charge in [-0.25, -0.2) is 4.79 Å². The Hall–Kier alpha value is -2.34. The number of anilines is 1. The van der Waals surface area contributed by atoms with Gasteiger partial charge in [-0.15, -0.1) is 11.3 Å². The lowest BCUT2D eigenvalue weighted by Crippen LogP contribution is -2.26. The van der Waals surface area contributed by atoms with Crippen molar-refractivity contribution in [3.05, 3.63) is 45.8 Å². The summed E-state index contributed by atoms with van der Waals surface area (Å²) in [5.74, 6) is 0.387. The van der Waals surface area contributed by atoms with E-state index in [4.69, 9.17) is 9.47 Å². The summed E-state index contributed by atoms with van der Waals surface area (Å²) in [5, 5.41) is 3.51. The van der Waals surface area contributed by atoms with E-state index in [0.717, 1.165) is 24.8 Å². The van der Waals surface area contributed by atoms with E-state index in [-0.39, 0.29) is 11.3 Å². The van der Waals surface area contributed by atoms with Crippen molar-refractivity contribution in [3.8, 4) is 5.75 Å². The largest absolute Gasteiger partial charge is 0.493 e. The van der Waals surface area contributed by atoms with E-state index in [9.17, 15) is 9.59 Å². The number of benzene rings is 1. The molecule has 1 N–H and O–H groups in total. The van der Waals surface area contributed by atoms with Crippen LogP contribution in [0.1, 0.15) is 65.3 Å². The standard InChI is InChI=1S/C23H29NO4S/c1-6-28-17-10-8-7-9-15(17)20(25)24-21-19(22(26)27-5)16-12-11-14(23(2,3)4)13-18(16)29-21/h7-10,14H,6,11-13H2,1-5H3,(H,24,25)/t14-/m1/s1. The summed E-state index contributed by atoms with van der Waals surface area (Å²) in [6.07, 6.45) is 2.76. The fraction of sp³-hybridized carbons (Fsp3) is 0.478. The van der Waals surface area contributed by atoms with Crippen LogP contribution in [-0.4, -0.2) is 25.6 Å². The SMILES string of the molecule is CCOc1ccccc1C(=O)Nc1sc2c(c1C(=O)OC)CC[C@@H](C(C)(C)C)C2. The molecule has 5 nitrogen and oxygen atoms in total. The number of methoxy groups -OCH3 is 1. The first-order chi connectivity index (χ1) is 13.8. The maximum Gasteiger partial charge on any atom is 0.341 e. The molecule has 0 fully saturated rings. The van der Waals surface area contributed by atoms with E-state index in [1.54, 1.807) is 18.2 Å². The molecule has 29 heavy (non-hydrogen) atoms. The van der Waals surface area contributed by atoms with Gasteiger partial charge < -0.3 is 14.8 Å². The number of ether oxygens (including phenoxy) is 2. The Morgan fingerprint density at radius 1 is 1.24 bits per heavy atom. The van der Waals surface area contributed by atoms with E-state index < -0.39 is 5.97 Å². The first-order valence-corrected chi connectivity index (χ1v) is 10.8. The highest BCUT2D eigenvalue weighted by Gasteiger charge is 2.34. The summed E-state index contributed by atoms with van der Waals surface area (Å²) < 4.78 is 10.6. The fourth-order valence-electron chi connectivity index (χ4n) is 3.84. The predicted octanol–water partition coefficient (Wildman–Crippen LogP) is 5.34. The van der Waals surface area contributed by atoms with Crippen LogP contribution in [0.4, 0.5) is 5.00 Å². The van der Waals surface area contributed by atoms with Crippen molar-refractivity contribution < 1.29 is 19.1 Å². The zero-order chi connectivity index (χ0) is 21.2. The number of fused-ring (bicyclic) bond motifs is 1. The van der Waals surface area contributed by atoms with Crippen molar-refractivity contribution in [1.29, 1.82) is 0 Å². The van der Waals surface area contributed by atoms with Crippen LogP contribution in [0.5, 0.6) is 5.75 Å². The molecule has 1 aliphatic carbocycles. The monoisotopic (exact) mass is 415 g/mol. The molecular weight excluding hydrogens is 386 g/mol. The fourth-order valence-corrected chi connectivity index (χ4v) is 5.15. The molecule has 6 heteroatoms. The number of amides is 1. The predicted molar refractivity (Wildman–Crippen MR) is 116 cm³/mol. The Labute approximate surface area is 176 Å².